The molecule has 0 saturated carbocycles. The van der Waals surface area contributed by atoms with E-state index in [0.717, 1.165) is 33.8 Å². The van der Waals surface area contributed by atoms with Crippen LogP contribution in [0.25, 0.3) is 0 Å². The number of alkyl halides is 6. The average Bonchev–Trinajstić information content (AvgIpc) is 3.46. The molecule has 1 amide bonds. The molecule has 0 spiro atoms. The van der Waals surface area contributed by atoms with E-state index in [4.69, 9.17) is 19.8 Å². The number of fused-ring (bicyclic) bond motifs is 1. The first-order chi connectivity index (χ1) is 24.2. The van der Waals surface area contributed by atoms with Gasteiger partial charge in [-0.15, -0.1) is 0 Å². The molecule has 1 aliphatic heterocycles. The number of carbonyl (C=O) groups excluding carboxylic acids is 1. The van der Waals surface area contributed by atoms with Gasteiger partial charge in [-0.2, -0.15) is 26.3 Å². The van der Waals surface area contributed by atoms with Crippen LogP contribution in [0.3, 0.4) is 0 Å². The summed E-state index contributed by atoms with van der Waals surface area (Å²) in [5, 5.41) is 24.5. The highest BCUT2D eigenvalue weighted by atomic mass is 19.4. The zero-order valence-electron chi connectivity index (χ0n) is 28.4. The van der Waals surface area contributed by atoms with E-state index in [9.17, 15) is 41.0 Å². The Labute approximate surface area is 298 Å². The Bertz CT molecular complexity index is 1800. The topological polar surface area (TPSA) is 185 Å². The number of anilines is 1. The van der Waals surface area contributed by atoms with Crippen molar-refractivity contribution in [2.24, 2.45) is 0 Å². The van der Waals surface area contributed by atoms with Crippen molar-refractivity contribution >= 4 is 29.5 Å². The van der Waals surface area contributed by atoms with E-state index in [-0.39, 0.29) is 24.3 Å². The van der Waals surface area contributed by atoms with Crippen LogP contribution >= 0.6 is 0 Å². The van der Waals surface area contributed by atoms with Gasteiger partial charge in [0.2, 0.25) is 5.91 Å². The largest absolute Gasteiger partial charge is 0.490 e. The van der Waals surface area contributed by atoms with Crippen molar-refractivity contribution in [3.63, 3.8) is 0 Å². The Kier molecular flexibility index (Phi) is 14.7. The minimum atomic E-state index is -5.08. The van der Waals surface area contributed by atoms with Crippen LogP contribution in [0.15, 0.2) is 85.2 Å². The summed E-state index contributed by atoms with van der Waals surface area (Å²) in [6, 6.07) is 24.4. The van der Waals surface area contributed by atoms with Crippen LogP contribution in [-0.2, 0) is 38.7 Å². The van der Waals surface area contributed by atoms with Crippen LogP contribution in [0, 0.1) is 6.92 Å². The van der Waals surface area contributed by atoms with Crippen molar-refractivity contribution in [1.29, 1.82) is 0 Å². The Morgan fingerprint density at radius 1 is 0.830 bits per heavy atom. The molecule has 1 unspecified atom stereocenters. The number of carbonyl (C=O) groups is 4. The quantitative estimate of drug-likeness (QED) is 0.221. The molecular formula is C35H36F6N4O8. The fourth-order valence-corrected chi connectivity index (χ4v) is 5.42. The van der Waals surface area contributed by atoms with E-state index in [1.54, 1.807) is 6.33 Å². The number of aromatic nitrogens is 2. The summed E-state index contributed by atoms with van der Waals surface area (Å²) < 4.78 is 65.5. The fraction of sp³-hybridized carbons (Fsp3) is 0.286. The Morgan fingerprint density at radius 2 is 1.30 bits per heavy atom. The second-order valence-corrected chi connectivity index (χ2v) is 11.7. The highest BCUT2D eigenvalue weighted by Crippen LogP contribution is 2.32. The number of nitrogens with zero attached hydrogens (tertiary/aromatic N) is 4. The van der Waals surface area contributed by atoms with Gasteiger partial charge in [0, 0.05) is 38.4 Å². The third-order valence-corrected chi connectivity index (χ3v) is 7.78. The maximum atomic E-state index is 14.1. The molecule has 4 aromatic rings. The molecule has 18 heteroatoms. The van der Waals surface area contributed by atoms with Crippen LogP contribution in [0.1, 0.15) is 39.6 Å². The highest BCUT2D eigenvalue weighted by Gasteiger charge is 2.41. The minimum absolute atomic E-state index is 0. The van der Waals surface area contributed by atoms with Gasteiger partial charge in [0.1, 0.15) is 6.04 Å². The summed E-state index contributed by atoms with van der Waals surface area (Å²) in [4.78, 5) is 52.5. The van der Waals surface area contributed by atoms with Crippen molar-refractivity contribution in [3.8, 4) is 0 Å². The number of amides is 1. The number of imidazole rings is 1. The number of halogens is 6. The van der Waals surface area contributed by atoms with Gasteiger partial charge in [0.05, 0.1) is 24.5 Å². The molecule has 286 valence electrons. The average molecular weight is 755 g/mol. The van der Waals surface area contributed by atoms with E-state index >= 15 is 0 Å². The van der Waals surface area contributed by atoms with Crippen molar-refractivity contribution in [2.75, 3.05) is 19.0 Å². The lowest BCUT2D eigenvalue weighted by molar-refractivity contribution is -0.193. The molecule has 53 heavy (non-hydrogen) atoms. The zero-order chi connectivity index (χ0) is 39.0. The number of carboxylic acid groups (broad SMARTS) is 3. The SMILES string of the molecule is Cc1cc(Cn2cnc3c2CC(C(=O)O)N(C(=O)C(c2ccccc2)c2ccccc2)C3)ccc1N(C)C.O.O=C(O)C(F)(F)F.O=C(O)C(F)(F)F. The summed E-state index contributed by atoms with van der Waals surface area (Å²) in [5.41, 5.74) is 6.74. The Balaban J connectivity index is 0.000000551. The van der Waals surface area contributed by atoms with Crippen molar-refractivity contribution in [1.82, 2.24) is 14.5 Å². The number of carboxylic acids is 3. The van der Waals surface area contributed by atoms with Crippen LogP contribution in [0.2, 0.25) is 0 Å². The predicted octanol–water partition coefficient (Wildman–Crippen LogP) is 4.92. The van der Waals surface area contributed by atoms with Gasteiger partial charge in [-0.1, -0.05) is 72.8 Å². The Hall–Kier alpha value is -5.91. The van der Waals surface area contributed by atoms with Crippen LogP contribution in [-0.4, -0.2) is 91.6 Å². The highest BCUT2D eigenvalue weighted by molar-refractivity contribution is 5.91. The lowest BCUT2D eigenvalue weighted by atomic mass is 9.88. The van der Waals surface area contributed by atoms with Crippen molar-refractivity contribution < 1.29 is 66.3 Å². The third-order valence-electron chi connectivity index (χ3n) is 7.78. The van der Waals surface area contributed by atoms with E-state index in [1.807, 2.05) is 79.3 Å². The second kappa shape index (κ2) is 18.0. The molecule has 0 fully saturated rings. The summed E-state index contributed by atoms with van der Waals surface area (Å²) in [7, 11) is 4.04. The summed E-state index contributed by atoms with van der Waals surface area (Å²) >= 11 is 0. The normalized spacial score (nSPS) is 13.6. The summed E-state index contributed by atoms with van der Waals surface area (Å²) in [6.07, 6.45) is -8.19. The van der Waals surface area contributed by atoms with Gasteiger partial charge in [-0.3, -0.25) is 4.79 Å². The van der Waals surface area contributed by atoms with Crippen LogP contribution in [0.4, 0.5) is 32.0 Å². The first kappa shape index (κ1) is 43.3. The van der Waals surface area contributed by atoms with E-state index in [0.29, 0.717) is 6.54 Å². The van der Waals surface area contributed by atoms with Gasteiger partial charge in [0.15, 0.2) is 0 Å². The zero-order valence-corrected chi connectivity index (χ0v) is 28.4. The smallest absolute Gasteiger partial charge is 0.480 e. The molecule has 5 rings (SSSR count). The maximum Gasteiger partial charge on any atom is 0.490 e. The van der Waals surface area contributed by atoms with E-state index in [1.165, 1.54) is 10.5 Å². The van der Waals surface area contributed by atoms with Gasteiger partial charge >= 0.3 is 30.3 Å². The molecule has 0 bridgehead atoms. The van der Waals surface area contributed by atoms with Crippen LogP contribution in [0.5, 0.6) is 0 Å². The summed E-state index contributed by atoms with van der Waals surface area (Å²) in [5.74, 6) is -7.35. The van der Waals surface area contributed by atoms with Gasteiger partial charge in [-0.25, -0.2) is 19.4 Å². The molecule has 0 aliphatic carbocycles. The fourth-order valence-electron chi connectivity index (χ4n) is 5.42. The number of hydrogen-bond donors (Lipinski definition) is 3. The number of hydrogen-bond acceptors (Lipinski definition) is 6. The van der Waals surface area contributed by atoms with Crippen molar-refractivity contribution in [2.45, 2.75) is 50.7 Å². The Morgan fingerprint density at radius 3 is 1.70 bits per heavy atom. The molecule has 0 saturated heterocycles. The molecule has 1 aromatic heterocycles. The predicted molar refractivity (Wildman–Crippen MR) is 178 cm³/mol. The van der Waals surface area contributed by atoms with Gasteiger partial charge in [-0.05, 0) is 35.2 Å². The molecule has 3 aromatic carbocycles. The molecule has 1 atom stereocenters. The molecule has 1 aliphatic rings. The lowest BCUT2D eigenvalue weighted by Gasteiger charge is -2.35. The molecule has 5 N–H and O–H groups in total. The van der Waals surface area contributed by atoms with Gasteiger partial charge in [0.25, 0.3) is 0 Å². The maximum absolute atomic E-state index is 14.1. The molecular weight excluding hydrogens is 718 g/mol. The third kappa shape index (κ3) is 11.5. The second-order valence-electron chi connectivity index (χ2n) is 11.7. The first-order valence-corrected chi connectivity index (χ1v) is 15.3. The van der Waals surface area contributed by atoms with Crippen LogP contribution < -0.4 is 4.90 Å². The van der Waals surface area contributed by atoms with Crippen molar-refractivity contribution in [3.05, 3.63) is 119 Å². The molecule has 12 nitrogen and oxygen atoms in total. The lowest BCUT2D eigenvalue weighted by Crippen LogP contribution is -2.50. The number of rotatable bonds is 7. The monoisotopic (exact) mass is 754 g/mol. The molecule has 2 heterocycles. The minimum Gasteiger partial charge on any atom is -0.480 e. The number of aliphatic carboxylic acids is 3. The number of aryl methyl sites for hydroxylation is 1. The van der Waals surface area contributed by atoms with E-state index in [2.05, 4.69) is 35.0 Å². The summed E-state index contributed by atoms with van der Waals surface area (Å²) in [6.45, 7) is 2.84. The van der Waals surface area contributed by atoms with Gasteiger partial charge < -0.3 is 35.2 Å². The standard InChI is InChI=1S/C31H32N4O3.2C2HF3O2.H2O/c1-21-16-22(14-15-26(21)33(2)3)18-34-20-32-25-19-35(28(31(37)38)17-27(25)34)30(36)29(23-10-6-4-7-11-23)24-12-8-5-9-13-24;2*3-2(4,5)1(6)7;/h4-16,20,28-29H,17-19H2,1-3H3,(H,37,38);2*(H,6,7);1H2. The van der Waals surface area contributed by atoms with E-state index < -0.39 is 42.2 Å². The number of benzene rings is 3. The molecule has 0 radical (unpaired) electrons. The first-order valence-electron chi connectivity index (χ1n) is 15.3.